The Balaban J connectivity index is 1.49. The fourth-order valence-corrected chi connectivity index (χ4v) is 6.13. The number of aromatic amines is 1. The van der Waals surface area contributed by atoms with Crippen LogP contribution in [-0.4, -0.2) is 64.5 Å². The topological polar surface area (TPSA) is 74.4 Å². The maximum Gasteiger partial charge on any atom is 0.316 e. The highest BCUT2D eigenvalue weighted by atomic mass is 16.5. The second-order valence-corrected chi connectivity index (χ2v) is 12.9. The molecular formula is C37H51N5O2. The van der Waals surface area contributed by atoms with Gasteiger partial charge in [0.25, 0.3) is 0 Å². The van der Waals surface area contributed by atoms with Crippen molar-refractivity contribution in [2.45, 2.75) is 86.1 Å². The van der Waals surface area contributed by atoms with Gasteiger partial charge in [-0.25, -0.2) is 9.97 Å². The number of methoxy groups -OCH3 is 1. The Morgan fingerprint density at radius 2 is 1.80 bits per heavy atom. The average Bonchev–Trinajstić information content (AvgIpc) is 3.39. The summed E-state index contributed by atoms with van der Waals surface area (Å²) in [6, 6.07) is 7.31. The van der Waals surface area contributed by atoms with E-state index < -0.39 is 0 Å². The molecule has 0 atom stereocenters. The zero-order valence-electron chi connectivity index (χ0n) is 28.3. The minimum Gasteiger partial charge on any atom is -0.467 e. The van der Waals surface area contributed by atoms with Gasteiger partial charge in [-0.2, -0.15) is 0 Å². The number of nitrogens with zero attached hydrogens (tertiary/aromatic N) is 4. The van der Waals surface area contributed by atoms with Crippen LogP contribution in [0, 0.1) is 0 Å². The molecule has 0 unspecified atom stereocenters. The molecule has 7 heteroatoms. The molecule has 1 saturated heterocycles. The molecule has 1 aliphatic heterocycles. The first-order chi connectivity index (χ1) is 21.0. The van der Waals surface area contributed by atoms with Crippen LogP contribution < -0.4 is 4.74 Å². The van der Waals surface area contributed by atoms with E-state index in [0.29, 0.717) is 30.9 Å². The Morgan fingerprint density at radius 3 is 2.39 bits per heavy atom. The normalized spacial score (nSPS) is 15.2. The molecule has 236 valence electrons. The molecule has 2 aromatic heterocycles. The molecule has 0 saturated carbocycles. The number of benzene rings is 1. The summed E-state index contributed by atoms with van der Waals surface area (Å²) in [6.07, 6.45) is 11.2. The summed E-state index contributed by atoms with van der Waals surface area (Å²) in [4.78, 5) is 29.3. The van der Waals surface area contributed by atoms with Crippen molar-refractivity contribution in [1.82, 2.24) is 24.8 Å². The SMILES string of the molecule is CC/C(C)=C(C)/C=C(\C=C(C)C)c1[nH]c2ccc(C3CCN(C(=O)CN(C)Cc4cnc(OC)nc4)CC3)cc2c1C(C)C. The van der Waals surface area contributed by atoms with Crippen molar-refractivity contribution in [2.24, 2.45) is 0 Å². The van der Waals surface area contributed by atoms with Gasteiger partial charge < -0.3 is 14.6 Å². The van der Waals surface area contributed by atoms with Crippen LogP contribution in [0.3, 0.4) is 0 Å². The van der Waals surface area contributed by atoms with E-state index in [4.69, 9.17) is 4.74 Å². The number of likely N-dealkylation sites (tertiary alicyclic amines) is 1. The molecule has 0 radical (unpaired) electrons. The van der Waals surface area contributed by atoms with Crippen molar-refractivity contribution in [1.29, 1.82) is 0 Å². The predicted octanol–water partition coefficient (Wildman–Crippen LogP) is 8.02. The van der Waals surface area contributed by atoms with Crippen LogP contribution in [0.1, 0.15) is 102 Å². The molecule has 0 bridgehead atoms. The summed E-state index contributed by atoms with van der Waals surface area (Å²) >= 11 is 0. The minimum absolute atomic E-state index is 0.175. The van der Waals surface area contributed by atoms with Crippen LogP contribution in [0.4, 0.5) is 0 Å². The van der Waals surface area contributed by atoms with E-state index >= 15 is 0 Å². The molecule has 0 spiro atoms. The zero-order valence-corrected chi connectivity index (χ0v) is 28.3. The Kier molecular flexibility index (Phi) is 11.2. The number of hydrogen-bond acceptors (Lipinski definition) is 5. The van der Waals surface area contributed by atoms with E-state index in [1.54, 1.807) is 19.5 Å². The van der Waals surface area contributed by atoms with Crippen molar-refractivity contribution in [3.63, 3.8) is 0 Å². The number of aromatic nitrogens is 3. The van der Waals surface area contributed by atoms with Crippen molar-refractivity contribution >= 4 is 22.4 Å². The van der Waals surface area contributed by atoms with Gasteiger partial charge in [0.05, 0.1) is 13.7 Å². The number of nitrogens with one attached hydrogen (secondary N) is 1. The Hall–Kier alpha value is -3.71. The van der Waals surface area contributed by atoms with Crippen LogP contribution in [0.2, 0.25) is 0 Å². The molecule has 7 nitrogen and oxygen atoms in total. The lowest BCUT2D eigenvalue weighted by Gasteiger charge is -2.33. The van der Waals surface area contributed by atoms with E-state index in [9.17, 15) is 4.79 Å². The standard InChI is InChI=1S/C37H51N5O2/c1-10-26(6)27(7)18-31(17-24(2)3)36-35(25(4)5)32-19-30(11-12-33(32)40-36)29-13-15-42(16-14-29)34(43)23-41(8)22-28-20-38-37(44-9)39-21-28/h11-12,17-21,25,29,40H,10,13-16,22-23H2,1-9H3/b27-26+,31-18+. The summed E-state index contributed by atoms with van der Waals surface area (Å²) in [6.45, 7) is 18.1. The third-order valence-corrected chi connectivity index (χ3v) is 8.79. The summed E-state index contributed by atoms with van der Waals surface area (Å²) in [5, 5.41) is 1.32. The van der Waals surface area contributed by atoms with Crippen LogP contribution in [-0.2, 0) is 11.3 Å². The second kappa shape index (κ2) is 14.8. The Labute approximate surface area is 264 Å². The summed E-state index contributed by atoms with van der Waals surface area (Å²) in [5.74, 6) is 0.996. The number of H-pyrrole nitrogens is 1. The van der Waals surface area contributed by atoms with Crippen LogP contribution in [0.15, 0.2) is 59.5 Å². The minimum atomic E-state index is 0.175. The third kappa shape index (κ3) is 8.06. The van der Waals surface area contributed by atoms with Crippen molar-refractivity contribution in [2.75, 3.05) is 33.8 Å². The van der Waals surface area contributed by atoms with E-state index in [2.05, 4.69) is 93.8 Å². The molecule has 3 aromatic rings. The number of ether oxygens (including phenoxy) is 1. The molecule has 3 heterocycles. The monoisotopic (exact) mass is 597 g/mol. The number of carbonyl (C=O) groups is 1. The molecular weight excluding hydrogens is 546 g/mol. The molecule has 0 aliphatic carbocycles. The van der Waals surface area contributed by atoms with E-state index in [1.165, 1.54) is 50.0 Å². The molecule has 1 aromatic carbocycles. The highest BCUT2D eigenvalue weighted by molar-refractivity contribution is 5.92. The van der Waals surface area contributed by atoms with Crippen LogP contribution in [0.25, 0.3) is 16.5 Å². The number of rotatable bonds is 11. The fourth-order valence-electron chi connectivity index (χ4n) is 6.13. The first-order valence-corrected chi connectivity index (χ1v) is 16.0. The number of allylic oxidation sites excluding steroid dienone is 6. The molecule has 44 heavy (non-hydrogen) atoms. The fraction of sp³-hybridized carbons (Fsp3) is 0.486. The van der Waals surface area contributed by atoms with Gasteiger partial charge in [0.1, 0.15) is 0 Å². The Bertz CT molecular complexity index is 1530. The number of piperidine rings is 1. The quantitative estimate of drug-likeness (QED) is 0.227. The second-order valence-electron chi connectivity index (χ2n) is 12.9. The largest absolute Gasteiger partial charge is 0.467 e. The lowest BCUT2D eigenvalue weighted by molar-refractivity contribution is -0.133. The lowest BCUT2D eigenvalue weighted by Crippen LogP contribution is -2.42. The number of hydrogen-bond donors (Lipinski definition) is 1. The van der Waals surface area contributed by atoms with Gasteiger partial charge in [-0.05, 0) is 94.7 Å². The van der Waals surface area contributed by atoms with Crippen LogP contribution >= 0.6 is 0 Å². The predicted molar refractivity (Wildman–Crippen MR) is 182 cm³/mol. The van der Waals surface area contributed by atoms with Gasteiger partial charge in [-0.15, -0.1) is 0 Å². The molecule has 1 amide bonds. The first-order valence-electron chi connectivity index (χ1n) is 16.0. The number of amides is 1. The maximum absolute atomic E-state index is 13.1. The van der Waals surface area contributed by atoms with Gasteiger partial charge in [0.2, 0.25) is 5.91 Å². The highest BCUT2D eigenvalue weighted by Gasteiger charge is 2.26. The smallest absolute Gasteiger partial charge is 0.316 e. The molecule has 4 rings (SSSR count). The van der Waals surface area contributed by atoms with Gasteiger partial charge in [-0.1, -0.05) is 55.7 Å². The summed E-state index contributed by atoms with van der Waals surface area (Å²) in [7, 11) is 3.51. The first kappa shape index (κ1) is 33.2. The van der Waals surface area contributed by atoms with Crippen molar-refractivity contribution in [3.05, 3.63) is 81.8 Å². The van der Waals surface area contributed by atoms with Gasteiger partial charge in [-0.3, -0.25) is 9.69 Å². The van der Waals surface area contributed by atoms with Gasteiger partial charge in [0.15, 0.2) is 0 Å². The number of likely N-dealkylation sites (N-methyl/N-ethyl adjacent to an activating group) is 1. The van der Waals surface area contributed by atoms with Crippen LogP contribution in [0.5, 0.6) is 6.01 Å². The third-order valence-electron chi connectivity index (χ3n) is 8.79. The van der Waals surface area contributed by atoms with E-state index in [0.717, 1.165) is 37.9 Å². The number of carbonyl (C=O) groups excluding carboxylic acids is 1. The Morgan fingerprint density at radius 1 is 1.11 bits per heavy atom. The van der Waals surface area contributed by atoms with E-state index in [1.807, 2.05) is 16.8 Å². The lowest BCUT2D eigenvalue weighted by atomic mass is 9.87. The summed E-state index contributed by atoms with van der Waals surface area (Å²) < 4.78 is 5.04. The molecule has 1 N–H and O–H groups in total. The molecule has 1 fully saturated rings. The van der Waals surface area contributed by atoms with E-state index in [-0.39, 0.29) is 5.91 Å². The zero-order chi connectivity index (χ0) is 32.0. The number of fused-ring (bicyclic) bond motifs is 1. The van der Waals surface area contributed by atoms with Gasteiger partial charge >= 0.3 is 6.01 Å². The maximum atomic E-state index is 13.1. The average molecular weight is 598 g/mol. The highest BCUT2D eigenvalue weighted by Crippen LogP contribution is 2.38. The summed E-state index contributed by atoms with van der Waals surface area (Å²) in [5.41, 5.74) is 11.4. The molecule has 1 aliphatic rings. The van der Waals surface area contributed by atoms with Crippen molar-refractivity contribution < 1.29 is 9.53 Å². The van der Waals surface area contributed by atoms with Crippen molar-refractivity contribution in [3.8, 4) is 6.01 Å². The van der Waals surface area contributed by atoms with Gasteiger partial charge in [0, 0.05) is 54.2 Å².